The van der Waals surface area contributed by atoms with E-state index >= 15 is 0 Å². The second kappa shape index (κ2) is 9.96. The first-order chi connectivity index (χ1) is 13.8. The van der Waals surface area contributed by atoms with Gasteiger partial charge >= 0.3 is 0 Å². The van der Waals surface area contributed by atoms with Gasteiger partial charge < -0.3 is 14.4 Å². The Morgan fingerprint density at radius 2 is 2.00 bits per heavy atom. The summed E-state index contributed by atoms with van der Waals surface area (Å²) in [5.41, 5.74) is 0.936. The van der Waals surface area contributed by atoms with Crippen LogP contribution in [0.4, 0.5) is 5.95 Å². The molecule has 0 amide bonds. The maximum absolute atomic E-state index is 6.50. The van der Waals surface area contributed by atoms with Gasteiger partial charge in [0.05, 0.1) is 17.3 Å². The first-order valence-corrected chi connectivity index (χ1v) is 11.5. The maximum atomic E-state index is 6.50. The maximum Gasteiger partial charge on any atom is 0.232 e. The van der Waals surface area contributed by atoms with E-state index in [1.54, 1.807) is 11.8 Å². The Morgan fingerprint density at radius 1 is 1.14 bits per heavy atom. The van der Waals surface area contributed by atoms with Gasteiger partial charge in [0, 0.05) is 25.4 Å². The van der Waals surface area contributed by atoms with Crippen molar-refractivity contribution < 1.29 is 9.47 Å². The van der Waals surface area contributed by atoms with E-state index in [2.05, 4.69) is 19.7 Å². The highest BCUT2D eigenvalue weighted by molar-refractivity contribution is 7.99. The number of rotatable bonds is 8. The SMILES string of the molecule is Clc1ccccc1-n1c(SCCCO[C@@H]2CCCCO2)nnc1N1CCCC1. The van der Waals surface area contributed by atoms with Crippen LogP contribution in [0.5, 0.6) is 0 Å². The van der Waals surface area contributed by atoms with Gasteiger partial charge in [-0.25, -0.2) is 0 Å². The summed E-state index contributed by atoms with van der Waals surface area (Å²) < 4.78 is 13.6. The van der Waals surface area contributed by atoms with Crippen LogP contribution >= 0.6 is 23.4 Å². The van der Waals surface area contributed by atoms with Crippen molar-refractivity contribution in [3.63, 3.8) is 0 Å². The van der Waals surface area contributed by atoms with E-state index in [1.165, 1.54) is 19.3 Å². The quantitative estimate of drug-likeness (QED) is 0.459. The van der Waals surface area contributed by atoms with Crippen LogP contribution in [-0.4, -0.2) is 53.1 Å². The number of halogens is 1. The lowest BCUT2D eigenvalue weighted by molar-refractivity contribution is -0.162. The highest BCUT2D eigenvalue weighted by atomic mass is 35.5. The lowest BCUT2D eigenvalue weighted by Gasteiger charge is -2.22. The summed E-state index contributed by atoms with van der Waals surface area (Å²) in [4.78, 5) is 2.30. The molecule has 4 rings (SSSR count). The van der Waals surface area contributed by atoms with Gasteiger partial charge in [0.1, 0.15) is 0 Å². The van der Waals surface area contributed by atoms with Gasteiger partial charge in [-0.2, -0.15) is 0 Å². The molecule has 28 heavy (non-hydrogen) atoms. The molecule has 2 saturated heterocycles. The Morgan fingerprint density at radius 3 is 2.79 bits per heavy atom. The monoisotopic (exact) mass is 422 g/mol. The van der Waals surface area contributed by atoms with Crippen molar-refractivity contribution >= 4 is 29.3 Å². The third-order valence-electron chi connectivity index (χ3n) is 5.06. The highest BCUT2D eigenvalue weighted by Gasteiger charge is 2.23. The average molecular weight is 423 g/mol. The van der Waals surface area contributed by atoms with Gasteiger partial charge in [0.25, 0.3) is 0 Å². The fourth-order valence-electron chi connectivity index (χ4n) is 3.60. The lowest BCUT2D eigenvalue weighted by Crippen LogP contribution is -2.22. The summed E-state index contributed by atoms with van der Waals surface area (Å²) in [6, 6.07) is 7.89. The van der Waals surface area contributed by atoms with Crippen molar-refractivity contribution in [1.29, 1.82) is 0 Å². The van der Waals surface area contributed by atoms with Crippen molar-refractivity contribution in [3.05, 3.63) is 29.3 Å². The van der Waals surface area contributed by atoms with Crippen LogP contribution in [-0.2, 0) is 9.47 Å². The largest absolute Gasteiger partial charge is 0.353 e. The normalized spacial score (nSPS) is 20.0. The van der Waals surface area contributed by atoms with Gasteiger partial charge in [-0.15, -0.1) is 10.2 Å². The molecule has 2 aliphatic heterocycles. The summed E-state index contributed by atoms with van der Waals surface area (Å²) in [6.07, 6.45) is 6.65. The van der Waals surface area contributed by atoms with Crippen molar-refractivity contribution in [2.75, 3.05) is 37.0 Å². The van der Waals surface area contributed by atoms with Gasteiger partial charge in [0.15, 0.2) is 11.4 Å². The number of para-hydroxylation sites is 1. The molecule has 2 aromatic rings. The molecule has 1 atom stereocenters. The molecule has 3 heterocycles. The minimum absolute atomic E-state index is 0.0210. The predicted octanol–water partition coefficient (Wildman–Crippen LogP) is 4.55. The second-order valence-electron chi connectivity index (χ2n) is 7.13. The molecular formula is C20H27ClN4O2S. The van der Waals surface area contributed by atoms with E-state index in [4.69, 9.17) is 21.1 Å². The molecule has 6 nitrogen and oxygen atoms in total. The van der Waals surface area contributed by atoms with Crippen LogP contribution in [0.2, 0.25) is 5.02 Å². The zero-order valence-electron chi connectivity index (χ0n) is 16.1. The molecule has 0 radical (unpaired) electrons. The lowest BCUT2D eigenvalue weighted by atomic mass is 10.2. The molecule has 0 spiro atoms. The predicted molar refractivity (Wildman–Crippen MR) is 113 cm³/mol. The van der Waals surface area contributed by atoms with Gasteiger partial charge in [-0.3, -0.25) is 4.57 Å². The molecule has 0 saturated carbocycles. The van der Waals surface area contributed by atoms with Crippen molar-refractivity contribution in [1.82, 2.24) is 14.8 Å². The van der Waals surface area contributed by atoms with E-state index < -0.39 is 0 Å². The van der Waals surface area contributed by atoms with Crippen LogP contribution in [0.25, 0.3) is 5.69 Å². The number of nitrogens with zero attached hydrogens (tertiary/aromatic N) is 4. The van der Waals surface area contributed by atoms with E-state index in [-0.39, 0.29) is 6.29 Å². The van der Waals surface area contributed by atoms with E-state index in [1.807, 2.05) is 24.3 Å². The number of hydrogen-bond acceptors (Lipinski definition) is 6. The Balaban J connectivity index is 1.41. The molecule has 2 fully saturated rings. The molecular weight excluding hydrogens is 396 g/mol. The summed E-state index contributed by atoms with van der Waals surface area (Å²) in [7, 11) is 0. The first-order valence-electron chi connectivity index (χ1n) is 10.1. The van der Waals surface area contributed by atoms with Gasteiger partial charge in [-0.1, -0.05) is 35.5 Å². The summed E-state index contributed by atoms with van der Waals surface area (Å²) >= 11 is 8.20. The number of ether oxygens (including phenoxy) is 2. The number of anilines is 1. The van der Waals surface area contributed by atoms with E-state index in [9.17, 15) is 0 Å². The Kier molecular flexibility index (Phi) is 7.12. The molecule has 2 aliphatic rings. The third-order valence-corrected chi connectivity index (χ3v) is 6.39. The number of benzene rings is 1. The first kappa shape index (κ1) is 20.0. The standard InChI is InChI=1S/C20H27ClN4O2S/c21-16-8-1-2-9-17(16)25-19(24-11-4-5-12-24)22-23-20(25)28-15-7-14-27-18-10-3-6-13-26-18/h1-2,8-9,18H,3-7,10-15H2/t18-/m1/s1. The topological polar surface area (TPSA) is 52.4 Å². The number of hydrogen-bond donors (Lipinski definition) is 0. The fraction of sp³-hybridized carbons (Fsp3) is 0.600. The van der Waals surface area contributed by atoms with Gasteiger partial charge in [0.2, 0.25) is 5.95 Å². The summed E-state index contributed by atoms with van der Waals surface area (Å²) in [5, 5.41) is 10.6. The van der Waals surface area contributed by atoms with Crippen molar-refractivity contribution in [2.24, 2.45) is 0 Å². The molecule has 0 bridgehead atoms. The molecule has 0 aliphatic carbocycles. The van der Waals surface area contributed by atoms with Crippen LogP contribution in [0.3, 0.4) is 0 Å². The zero-order valence-corrected chi connectivity index (χ0v) is 17.6. The smallest absolute Gasteiger partial charge is 0.232 e. The third kappa shape index (κ3) is 4.82. The van der Waals surface area contributed by atoms with Crippen LogP contribution in [0, 0.1) is 0 Å². The van der Waals surface area contributed by atoms with Crippen LogP contribution < -0.4 is 4.90 Å². The van der Waals surface area contributed by atoms with Crippen LogP contribution in [0.15, 0.2) is 29.4 Å². The Labute approximate surface area is 175 Å². The molecule has 1 aromatic heterocycles. The molecule has 1 aromatic carbocycles. The molecule has 8 heteroatoms. The van der Waals surface area contributed by atoms with Crippen molar-refractivity contribution in [3.8, 4) is 5.69 Å². The van der Waals surface area contributed by atoms with E-state index in [0.29, 0.717) is 11.6 Å². The minimum atomic E-state index is -0.0210. The Bertz CT molecular complexity index is 760. The number of aromatic nitrogens is 3. The van der Waals surface area contributed by atoms with Crippen molar-refractivity contribution in [2.45, 2.75) is 50.0 Å². The molecule has 0 N–H and O–H groups in total. The molecule has 152 valence electrons. The Hall–Kier alpha value is -1.28. The summed E-state index contributed by atoms with van der Waals surface area (Å²) in [5.74, 6) is 1.80. The highest BCUT2D eigenvalue weighted by Crippen LogP contribution is 2.32. The van der Waals surface area contributed by atoms with Gasteiger partial charge in [-0.05, 0) is 50.7 Å². The average Bonchev–Trinajstić information content (AvgIpc) is 3.39. The zero-order chi connectivity index (χ0) is 19.2. The van der Waals surface area contributed by atoms with Crippen LogP contribution in [0.1, 0.15) is 38.5 Å². The minimum Gasteiger partial charge on any atom is -0.353 e. The fourth-order valence-corrected chi connectivity index (χ4v) is 4.67. The molecule has 0 unspecified atom stereocenters. The second-order valence-corrected chi connectivity index (χ2v) is 8.60. The number of thioether (sulfide) groups is 1. The summed E-state index contributed by atoms with van der Waals surface area (Å²) in [6.45, 7) is 3.56. The van der Waals surface area contributed by atoms with E-state index in [0.717, 1.165) is 61.5 Å².